The maximum atomic E-state index is 13.2. The Labute approximate surface area is 182 Å². The van der Waals surface area contributed by atoms with Gasteiger partial charge in [-0.2, -0.15) is 0 Å². The highest BCUT2D eigenvalue weighted by Gasteiger charge is 2.15. The zero-order chi connectivity index (χ0) is 21.1. The molecule has 0 spiro atoms. The fraction of sp³-hybridized carbons (Fsp3) is 0.0870. The third-order valence-electron chi connectivity index (χ3n) is 4.45. The molecule has 0 unspecified atom stereocenters. The van der Waals surface area contributed by atoms with E-state index < -0.39 is 0 Å². The molecule has 0 saturated heterocycles. The van der Waals surface area contributed by atoms with Crippen LogP contribution < -0.4 is 10.9 Å². The quantitative estimate of drug-likeness (QED) is 0.351. The van der Waals surface area contributed by atoms with Gasteiger partial charge in [-0.25, -0.2) is 4.98 Å². The van der Waals surface area contributed by atoms with Crippen LogP contribution in [0.3, 0.4) is 0 Å². The van der Waals surface area contributed by atoms with Crippen LogP contribution in [0.5, 0.6) is 0 Å². The molecule has 1 heterocycles. The maximum Gasteiger partial charge on any atom is 0.266 e. The number of aryl methyl sites for hydroxylation is 1. The van der Waals surface area contributed by atoms with Crippen LogP contribution in [0, 0.1) is 6.92 Å². The van der Waals surface area contributed by atoms with Gasteiger partial charge in [0.25, 0.3) is 5.56 Å². The topological polar surface area (TPSA) is 64.0 Å². The summed E-state index contributed by atoms with van der Waals surface area (Å²) in [7, 11) is 0. The Morgan fingerprint density at radius 1 is 1.07 bits per heavy atom. The Hall–Kier alpha value is -3.09. The second-order valence-electron chi connectivity index (χ2n) is 6.74. The van der Waals surface area contributed by atoms with Gasteiger partial charge in [0.1, 0.15) is 0 Å². The largest absolute Gasteiger partial charge is 0.325 e. The molecule has 7 heteroatoms. The molecule has 0 atom stereocenters. The molecular formula is C23H18ClN3O2S. The van der Waals surface area contributed by atoms with Gasteiger partial charge in [0.2, 0.25) is 5.91 Å². The minimum atomic E-state index is -0.204. The number of hydrogen-bond acceptors (Lipinski definition) is 4. The van der Waals surface area contributed by atoms with Crippen molar-refractivity contribution < 1.29 is 4.79 Å². The molecule has 0 aliphatic carbocycles. The smallest absolute Gasteiger partial charge is 0.266 e. The van der Waals surface area contributed by atoms with Crippen molar-refractivity contribution in [1.29, 1.82) is 0 Å². The number of para-hydroxylation sites is 1. The number of nitrogens with one attached hydrogen (secondary N) is 1. The average molecular weight is 436 g/mol. The lowest BCUT2D eigenvalue weighted by molar-refractivity contribution is -0.113. The van der Waals surface area contributed by atoms with Crippen molar-refractivity contribution in [3.05, 3.63) is 93.7 Å². The minimum Gasteiger partial charge on any atom is -0.325 e. The molecule has 0 fully saturated rings. The van der Waals surface area contributed by atoms with Gasteiger partial charge < -0.3 is 5.32 Å². The molecule has 4 aromatic rings. The van der Waals surface area contributed by atoms with E-state index in [1.54, 1.807) is 42.5 Å². The Morgan fingerprint density at radius 2 is 1.87 bits per heavy atom. The second-order valence-corrected chi connectivity index (χ2v) is 8.12. The molecule has 1 amide bonds. The SMILES string of the molecule is Cc1cccc(NC(=O)CSc2nc3ccccc3c(=O)n2-c2cccc(Cl)c2)c1. The van der Waals surface area contributed by atoms with Crippen molar-refractivity contribution >= 4 is 45.9 Å². The van der Waals surface area contributed by atoms with Gasteiger partial charge in [0.15, 0.2) is 5.16 Å². The summed E-state index contributed by atoms with van der Waals surface area (Å²) in [6, 6.07) is 21.8. The van der Waals surface area contributed by atoms with Crippen LogP contribution >= 0.6 is 23.4 Å². The van der Waals surface area contributed by atoms with Gasteiger partial charge in [-0.1, -0.05) is 53.7 Å². The van der Waals surface area contributed by atoms with Gasteiger partial charge in [-0.15, -0.1) is 0 Å². The highest BCUT2D eigenvalue weighted by Crippen LogP contribution is 2.23. The molecular weight excluding hydrogens is 418 g/mol. The van der Waals surface area contributed by atoms with Crippen molar-refractivity contribution in [2.75, 3.05) is 11.1 Å². The summed E-state index contributed by atoms with van der Waals surface area (Å²) in [4.78, 5) is 30.3. The van der Waals surface area contributed by atoms with Crippen LogP contribution in [0.15, 0.2) is 82.7 Å². The first-order valence-corrected chi connectivity index (χ1v) is 10.6. The molecule has 1 aromatic heterocycles. The Kier molecular flexibility index (Phi) is 5.88. The monoisotopic (exact) mass is 435 g/mol. The number of carbonyl (C=O) groups excluding carboxylic acids is 1. The molecule has 0 radical (unpaired) electrons. The molecule has 0 aliphatic heterocycles. The van der Waals surface area contributed by atoms with Crippen molar-refractivity contribution in [1.82, 2.24) is 9.55 Å². The van der Waals surface area contributed by atoms with Crippen molar-refractivity contribution in [2.45, 2.75) is 12.1 Å². The number of anilines is 1. The average Bonchev–Trinajstić information content (AvgIpc) is 2.72. The minimum absolute atomic E-state index is 0.110. The second kappa shape index (κ2) is 8.73. The van der Waals surface area contributed by atoms with Gasteiger partial charge >= 0.3 is 0 Å². The summed E-state index contributed by atoms with van der Waals surface area (Å²) in [6.07, 6.45) is 0. The van der Waals surface area contributed by atoms with E-state index in [1.165, 1.54) is 16.3 Å². The van der Waals surface area contributed by atoms with E-state index in [0.717, 1.165) is 11.3 Å². The predicted molar refractivity (Wildman–Crippen MR) is 123 cm³/mol. The molecule has 5 nitrogen and oxygen atoms in total. The van der Waals surface area contributed by atoms with Crippen molar-refractivity contribution in [2.24, 2.45) is 0 Å². The number of hydrogen-bond donors (Lipinski definition) is 1. The lowest BCUT2D eigenvalue weighted by atomic mass is 10.2. The van der Waals surface area contributed by atoms with Gasteiger partial charge in [-0.3, -0.25) is 14.2 Å². The summed E-state index contributed by atoms with van der Waals surface area (Å²) in [5.41, 5.74) is 2.78. The predicted octanol–water partition coefficient (Wildman–Crippen LogP) is 5.08. The number of benzene rings is 3. The van der Waals surface area contributed by atoms with Crippen LogP contribution in [0.25, 0.3) is 16.6 Å². The third kappa shape index (κ3) is 4.40. The van der Waals surface area contributed by atoms with Crippen LogP contribution in [0.2, 0.25) is 5.02 Å². The maximum absolute atomic E-state index is 13.2. The Balaban J connectivity index is 1.68. The highest BCUT2D eigenvalue weighted by atomic mass is 35.5. The third-order valence-corrected chi connectivity index (χ3v) is 5.62. The fourth-order valence-electron chi connectivity index (χ4n) is 3.10. The summed E-state index contributed by atoms with van der Waals surface area (Å²) >= 11 is 7.35. The van der Waals surface area contributed by atoms with Crippen molar-refractivity contribution in [3.63, 3.8) is 0 Å². The van der Waals surface area contributed by atoms with Gasteiger partial charge in [-0.05, 0) is 55.0 Å². The molecule has 0 bridgehead atoms. The van der Waals surface area contributed by atoms with Crippen LogP contribution in [0.1, 0.15) is 5.56 Å². The zero-order valence-electron chi connectivity index (χ0n) is 16.1. The molecule has 3 aromatic carbocycles. The molecule has 0 saturated carbocycles. The number of thioether (sulfide) groups is 1. The summed E-state index contributed by atoms with van der Waals surface area (Å²) < 4.78 is 1.50. The number of nitrogens with zero attached hydrogens (tertiary/aromatic N) is 2. The van der Waals surface area contributed by atoms with Gasteiger partial charge in [0, 0.05) is 10.7 Å². The number of halogens is 1. The standard InChI is InChI=1S/C23H18ClN3O2S/c1-15-6-4-8-17(12-15)25-21(28)14-30-23-26-20-11-3-2-10-19(20)22(29)27(23)18-9-5-7-16(24)13-18/h2-13H,14H2,1H3,(H,25,28). The van der Waals surface area contributed by atoms with Gasteiger partial charge in [0.05, 0.1) is 22.3 Å². The van der Waals surface area contributed by atoms with Crippen LogP contribution in [-0.2, 0) is 4.79 Å². The van der Waals surface area contributed by atoms with E-state index in [-0.39, 0.29) is 17.2 Å². The zero-order valence-corrected chi connectivity index (χ0v) is 17.7. The first-order valence-electron chi connectivity index (χ1n) is 9.28. The number of rotatable bonds is 5. The molecule has 4 rings (SSSR count). The van der Waals surface area contributed by atoms with E-state index in [0.29, 0.717) is 26.8 Å². The molecule has 1 N–H and O–H groups in total. The van der Waals surface area contributed by atoms with Crippen LogP contribution in [-0.4, -0.2) is 21.2 Å². The molecule has 0 aliphatic rings. The fourth-order valence-corrected chi connectivity index (χ4v) is 4.10. The van der Waals surface area contributed by atoms with Crippen LogP contribution in [0.4, 0.5) is 5.69 Å². The Morgan fingerprint density at radius 3 is 2.67 bits per heavy atom. The van der Waals surface area contributed by atoms with E-state index >= 15 is 0 Å². The lowest BCUT2D eigenvalue weighted by Crippen LogP contribution is -2.23. The first kappa shape index (κ1) is 20.2. The first-order chi connectivity index (χ1) is 14.5. The van der Waals surface area contributed by atoms with E-state index in [4.69, 9.17) is 11.6 Å². The lowest BCUT2D eigenvalue weighted by Gasteiger charge is -2.13. The summed E-state index contributed by atoms with van der Waals surface area (Å²) in [5.74, 6) is -0.0649. The normalized spacial score (nSPS) is 10.9. The highest BCUT2D eigenvalue weighted by molar-refractivity contribution is 7.99. The Bertz CT molecular complexity index is 1300. The molecule has 30 heavy (non-hydrogen) atoms. The van der Waals surface area contributed by atoms with E-state index in [1.807, 2.05) is 37.3 Å². The number of amides is 1. The van der Waals surface area contributed by atoms with E-state index in [9.17, 15) is 9.59 Å². The number of fused-ring (bicyclic) bond motifs is 1. The summed E-state index contributed by atoms with van der Waals surface area (Å²) in [5, 5.41) is 4.33. The van der Waals surface area contributed by atoms with E-state index in [2.05, 4.69) is 10.3 Å². The number of carbonyl (C=O) groups is 1. The molecule has 150 valence electrons. The number of aromatic nitrogens is 2. The van der Waals surface area contributed by atoms with Crippen molar-refractivity contribution in [3.8, 4) is 5.69 Å². The summed E-state index contributed by atoms with van der Waals surface area (Å²) in [6.45, 7) is 1.97.